The summed E-state index contributed by atoms with van der Waals surface area (Å²) in [6.45, 7) is 4.45. The van der Waals surface area contributed by atoms with Gasteiger partial charge in [0.2, 0.25) is 17.7 Å². The topological polar surface area (TPSA) is 155 Å². The van der Waals surface area contributed by atoms with Crippen LogP contribution in [0.25, 0.3) is 22.1 Å². The maximum atomic E-state index is 16.2. The van der Waals surface area contributed by atoms with Crippen molar-refractivity contribution in [1.82, 2.24) is 28.9 Å². The number of hydrogen-bond acceptors (Lipinski definition) is 8. The van der Waals surface area contributed by atoms with E-state index in [0.29, 0.717) is 62.3 Å². The largest absolute Gasteiger partial charge is 0.399 e. The number of nitrogen functional groups attached to an aromatic ring is 1. The molecule has 0 unspecified atom stereocenters. The van der Waals surface area contributed by atoms with Gasteiger partial charge in [-0.3, -0.25) is 24.2 Å². The lowest BCUT2D eigenvalue weighted by atomic mass is 9.70. The summed E-state index contributed by atoms with van der Waals surface area (Å²) >= 11 is 25.6. The van der Waals surface area contributed by atoms with E-state index in [4.69, 9.17) is 62.1 Å². The number of fused-ring (bicyclic) bond motifs is 14. The van der Waals surface area contributed by atoms with Crippen molar-refractivity contribution in [2.24, 2.45) is 11.8 Å². The van der Waals surface area contributed by atoms with Crippen LogP contribution in [-0.2, 0) is 38.6 Å². The van der Waals surface area contributed by atoms with E-state index < -0.39 is 34.5 Å². The zero-order chi connectivity index (χ0) is 55.5. The van der Waals surface area contributed by atoms with Crippen LogP contribution >= 0.6 is 46.4 Å². The van der Waals surface area contributed by atoms with Crippen molar-refractivity contribution in [3.8, 4) is 0 Å². The summed E-state index contributed by atoms with van der Waals surface area (Å²) in [5.74, 6) is -0.497. The average molecular weight is 1200 g/mol. The number of aryl methyl sites for hydroxylation is 2. The molecular formula is C64H62Cl4F2N10O3. The number of carbonyl (C=O) groups is 3. The molecule has 2 aliphatic carbocycles. The van der Waals surface area contributed by atoms with Crippen molar-refractivity contribution >= 4 is 109 Å². The molecule has 428 valence electrons. The van der Waals surface area contributed by atoms with Gasteiger partial charge in [0.1, 0.15) is 34.4 Å². The number of rotatable bonds is 7. The molecule has 2 aromatic heterocycles. The van der Waals surface area contributed by atoms with Gasteiger partial charge < -0.3 is 30.8 Å². The van der Waals surface area contributed by atoms with Crippen LogP contribution in [0.5, 0.6) is 0 Å². The van der Waals surface area contributed by atoms with E-state index in [-0.39, 0.29) is 66.5 Å². The van der Waals surface area contributed by atoms with Crippen LogP contribution in [0, 0.1) is 23.5 Å². The van der Waals surface area contributed by atoms with Crippen molar-refractivity contribution in [3.63, 3.8) is 0 Å². The molecule has 13 nitrogen and oxygen atoms in total. The Hall–Kier alpha value is -6.59. The van der Waals surface area contributed by atoms with Crippen LogP contribution in [0.15, 0.2) is 109 Å². The summed E-state index contributed by atoms with van der Waals surface area (Å²) in [5, 5.41) is 10.2. The highest BCUT2D eigenvalue weighted by Gasteiger charge is 2.71. The first-order chi connectivity index (χ1) is 39.1. The molecule has 6 aromatic carbocycles. The molecule has 4 fully saturated rings. The maximum Gasteiger partial charge on any atom is 0.250 e. The van der Waals surface area contributed by atoms with E-state index in [2.05, 4.69) is 34.9 Å². The van der Waals surface area contributed by atoms with Gasteiger partial charge in [-0.25, -0.2) is 18.7 Å². The lowest BCUT2D eigenvalue weighted by Crippen LogP contribution is -2.53. The Morgan fingerprint density at radius 2 is 1.08 bits per heavy atom. The minimum atomic E-state index is -1.17. The van der Waals surface area contributed by atoms with Crippen molar-refractivity contribution in [2.45, 2.75) is 120 Å². The van der Waals surface area contributed by atoms with Crippen LogP contribution in [-0.4, -0.2) is 71.8 Å². The van der Waals surface area contributed by atoms with Crippen molar-refractivity contribution in [2.75, 3.05) is 34.8 Å². The molecule has 6 aliphatic heterocycles. The maximum absolute atomic E-state index is 16.2. The van der Waals surface area contributed by atoms with Crippen LogP contribution in [0.1, 0.15) is 118 Å². The van der Waals surface area contributed by atoms with Gasteiger partial charge in [0.05, 0.1) is 32.1 Å². The molecular weight excluding hydrogens is 1140 g/mol. The molecule has 8 aliphatic rings. The molecule has 19 heteroatoms. The Kier molecular flexibility index (Phi) is 13.6. The molecule has 0 bridgehead atoms. The smallest absolute Gasteiger partial charge is 0.250 e. The number of benzene rings is 6. The highest BCUT2D eigenvalue weighted by Crippen LogP contribution is 2.67. The number of likely N-dealkylation sites (tertiary alicyclic amines) is 2. The second kappa shape index (κ2) is 20.3. The van der Waals surface area contributed by atoms with Crippen LogP contribution < -0.4 is 21.7 Å². The van der Waals surface area contributed by atoms with E-state index in [9.17, 15) is 14.4 Å². The molecule has 8 aromatic rings. The second-order valence-corrected chi connectivity index (χ2v) is 25.1. The number of nitrogens with two attached hydrogens (primary N) is 1. The predicted molar refractivity (Wildman–Crippen MR) is 325 cm³/mol. The minimum absolute atomic E-state index is 0. The van der Waals surface area contributed by atoms with Gasteiger partial charge in [-0.2, -0.15) is 0 Å². The van der Waals surface area contributed by atoms with Crippen molar-refractivity contribution in [3.05, 3.63) is 175 Å². The molecule has 0 radical (unpaired) electrons. The van der Waals surface area contributed by atoms with Gasteiger partial charge in [0, 0.05) is 113 Å². The first kappa shape index (κ1) is 55.6. The van der Waals surface area contributed by atoms with E-state index in [0.717, 1.165) is 103 Å². The molecule has 5 N–H and O–H groups in total. The summed E-state index contributed by atoms with van der Waals surface area (Å²) in [5.41, 5.74) is 12.5. The molecule has 2 spiro atoms. The van der Waals surface area contributed by atoms with Gasteiger partial charge in [0.25, 0.3) is 0 Å². The van der Waals surface area contributed by atoms with Gasteiger partial charge >= 0.3 is 0 Å². The summed E-state index contributed by atoms with van der Waals surface area (Å²) in [7, 11) is 0. The van der Waals surface area contributed by atoms with Crippen LogP contribution in [0.3, 0.4) is 0 Å². The minimum Gasteiger partial charge on any atom is -0.399 e. The molecule has 16 rings (SSSR count). The van der Waals surface area contributed by atoms with Gasteiger partial charge in [-0.15, -0.1) is 0 Å². The monoisotopic (exact) mass is 1200 g/mol. The predicted octanol–water partition coefficient (Wildman–Crippen LogP) is 14.2. The fraction of sp³-hybridized carbons (Fsp3) is 0.359. The van der Waals surface area contributed by atoms with Crippen molar-refractivity contribution in [1.29, 1.82) is 0 Å². The fourth-order valence-electron chi connectivity index (χ4n) is 15.5. The number of nitrogens with zero attached hydrogens (tertiary/aromatic N) is 6. The Bertz CT molecular complexity index is 4030. The van der Waals surface area contributed by atoms with Gasteiger partial charge in [-0.05, 0) is 134 Å². The number of aromatic nitrogens is 4. The third-order valence-electron chi connectivity index (χ3n) is 18.9. The zero-order valence-electron chi connectivity index (χ0n) is 43.8. The summed E-state index contributed by atoms with van der Waals surface area (Å²) in [6, 6.07) is 32.7. The normalized spacial score (nSPS) is 26.3. The highest BCUT2D eigenvalue weighted by atomic mass is 35.5. The molecule has 83 heavy (non-hydrogen) atoms. The summed E-state index contributed by atoms with van der Waals surface area (Å²) < 4.78 is 36.7. The third kappa shape index (κ3) is 8.29. The SMILES string of the molecule is C.C.CC(=O)Nc1ccc2c(c1)nc1n2CC[C@H]2[C@@H]1[C@H](c1cccc(Cl)c1F)[C@]1(C(=O)Nc3cc(Cl)ccc31)N2CC1CC1.Nc1ccc2c(c1)nc1n2CC[C@H]2[C@@H]1[C@H](c1cccc(Cl)c1F)[C@]1(C(=O)Nc3cc(Cl)ccc31)N2CC1CC1. The van der Waals surface area contributed by atoms with E-state index in [1.54, 1.807) is 48.5 Å². The Morgan fingerprint density at radius 3 is 1.54 bits per heavy atom. The van der Waals surface area contributed by atoms with Gasteiger partial charge in [-0.1, -0.05) is 97.7 Å². The second-order valence-electron chi connectivity index (χ2n) is 23.4. The van der Waals surface area contributed by atoms with Crippen LogP contribution in [0.2, 0.25) is 20.1 Å². The first-order valence-electron chi connectivity index (χ1n) is 27.8. The quantitative estimate of drug-likeness (QED) is 0.115. The zero-order valence-corrected chi connectivity index (χ0v) is 46.9. The number of anilines is 4. The molecule has 2 saturated carbocycles. The number of hydrogen-bond donors (Lipinski definition) is 4. The Balaban J connectivity index is 0.000000152. The average Bonchev–Trinajstić information content (AvgIpc) is 1.63. The molecule has 8 atom stereocenters. The Labute approximate surface area is 499 Å². The standard InChI is InChI=1S/C32H28Cl2FN5O2.C30H26Cl2FN5O.2CH4/c1-16(41)36-19-8-10-25-24(14-19)37-30-27-26(11-12-39(25)30)40(15-17-5-6-17)32(28(27)20-3-2-4-22(34)29(20)35)21-9-7-18(33)13-23(21)38-31(32)42;31-16-6-8-19-21(12-16)36-29(39)30(19)26(18-2-1-3-20(32)27(18)33)25-24(38(30)14-15-4-5-15)10-11-37-23-9-7-17(34)13-22(23)35-28(25)37;;/h2-4,7-10,13-14,17,26-28H,5-6,11-12,15H2,1H3,(H,36,41)(H,38,42);1-3,6-9,12-13,15,24-26H,4-5,10-11,14,34H2,(H,36,39);2*1H4/t26-,27+,28-,32+;24-,25+,26-,30+;;/m00../s1. The van der Waals surface area contributed by atoms with E-state index >= 15 is 8.78 Å². The number of amides is 3. The summed E-state index contributed by atoms with van der Waals surface area (Å²) in [6.07, 6.45) is 6.08. The van der Waals surface area contributed by atoms with E-state index in [1.807, 2.05) is 60.7 Å². The highest BCUT2D eigenvalue weighted by molar-refractivity contribution is 6.32. The number of imidazole rings is 2. The molecule has 2 saturated heterocycles. The third-order valence-corrected chi connectivity index (χ3v) is 19.9. The summed E-state index contributed by atoms with van der Waals surface area (Å²) in [4.78, 5) is 55.7. The fourth-order valence-corrected chi connectivity index (χ4v) is 16.2. The number of halogens is 6. The van der Waals surface area contributed by atoms with Crippen LogP contribution in [0.4, 0.5) is 31.5 Å². The lowest BCUT2D eigenvalue weighted by Gasteiger charge is -2.40. The van der Waals surface area contributed by atoms with Gasteiger partial charge in [0.15, 0.2) is 0 Å². The number of nitrogens with one attached hydrogen (secondary N) is 3. The first-order valence-corrected chi connectivity index (χ1v) is 29.3. The lowest BCUT2D eigenvalue weighted by molar-refractivity contribution is -0.128. The number of carbonyl (C=O) groups excluding carboxylic acids is 3. The Morgan fingerprint density at radius 1 is 0.627 bits per heavy atom. The molecule has 3 amide bonds. The molecule has 8 heterocycles. The van der Waals surface area contributed by atoms with E-state index in [1.165, 1.54) is 6.92 Å². The van der Waals surface area contributed by atoms with Crippen molar-refractivity contribution < 1.29 is 23.2 Å².